The van der Waals surface area contributed by atoms with E-state index in [2.05, 4.69) is 0 Å². The zero-order chi connectivity index (χ0) is 18.4. The molecule has 0 unspecified atom stereocenters. The standard InChI is InChI=1S/C19H20O6/c1-22-13-6-8-17(24-3)12(9-13)10-16(19(20)21)15-7-5-14(23-2)11-18(15)25-4/h5-11H,1-4H3,(H,20,21)/b16-10-. The number of carbonyl (C=O) groups is 1. The minimum Gasteiger partial charge on any atom is -0.497 e. The van der Waals surface area contributed by atoms with Crippen LogP contribution in [0, 0.1) is 0 Å². The summed E-state index contributed by atoms with van der Waals surface area (Å²) < 4.78 is 21.0. The monoisotopic (exact) mass is 344 g/mol. The van der Waals surface area contributed by atoms with E-state index in [4.69, 9.17) is 18.9 Å². The summed E-state index contributed by atoms with van der Waals surface area (Å²) in [5.74, 6) is 1.01. The Hall–Kier alpha value is -3.15. The summed E-state index contributed by atoms with van der Waals surface area (Å²) >= 11 is 0. The molecule has 2 aromatic rings. The van der Waals surface area contributed by atoms with Crippen LogP contribution in [0.4, 0.5) is 0 Å². The first kappa shape index (κ1) is 18.2. The van der Waals surface area contributed by atoms with Gasteiger partial charge >= 0.3 is 5.97 Å². The quantitative estimate of drug-likeness (QED) is 0.613. The highest BCUT2D eigenvalue weighted by atomic mass is 16.5. The van der Waals surface area contributed by atoms with Crippen LogP contribution in [0.1, 0.15) is 11.1 Å². The van der Waals surface area contributed by atoms with E-state index in [1.165, 1.54) is 27.4 Å². The van der Waals surface area contributed by atoms with Gasteiger partial charge in [-0.1, -0.05) is 0 Å². The Balaban J connectivity index is 2.63. The highest BCUT2D eigenvalue weighted by Crippen LogP contribution is 2.34. The Kier molecular flexibility index (Phi) is 5.89. The van der Waals surface area contributed by atoms with E-state index in [9.17, 15) is 9.90 Å². The van der Waals surface area contributed by atoms with Crippen molar-refractivity contribution in [2.75, 3.05) is 28.4 Å². The number of methoxy groups -OCH3 is 4. The molecule has 0 spiro atoms. The van der Waals surface area contributed by atoms with Crippen molar-refractivity contribution in [3.8, 4) is 23.0 Å². The molecule has 6 nitrogen and oxygen atoms in total. The maximum absolute atomic E-state index is 11.9. The molecule has 0 aliphatic rings. The van der Waals surface area contributed by atoms with Crippen LogP contribution in [-0.4, -0.2) is 39.5 Å². The summed E-state index contributed by atoms with van der Waals surface area (Å²) in [6, 6.07) is 10.1. The lowest BCUT2D eigenvalue weighted by molar-refractivity contribution is -0.130. The highest BCUT2D eigenvalue weighted by Gasteiger charge is 2.17. The zero-order valence-electron chi connectivity index (χ0n) is 14.5. The summed E-state index contributed by atoms with van der Waals surface area (Å²) in [7, 11) is 6.07. The molecular weight excluding hydrogens is 324 g/mol. The molecule has 2 aromatic carbocycles. The predicted molar refractivity (Wildman–Crippen MR) is 94.6 cm³/mol. The average molecular weight is 344 g/mol. The van der Waals surface area contributed by atoms with Gasteiger partial charge in [-0.2, -0.15) is 0 Å². The van der Waals surface area contributed by atoms with Gasteiger partial charge in [0.05, 0.1) is 34.0 Å². The lowest BCUT2D eigenvalue weighted by Crippen LogP contribution is -2.03. The van der Waals surface area contributed by atoms with Gasteiger partial charge in [0.1, 0.15) is 23.0 Å². The SMILES string of the molecule is COc1ccc(OC)c(/C=C(\C(=O)O)c2ccc(OC)cc2OC)c1. The highest BCUT2D eigenvalue weighted by molar-refractivity contribution is 6.21. The Morgan fingerprint density at radius 2 is 1.44 bits per heavy atom. The summed E-state index contributed by atoms with van der Waals surface area (Å²) in [5, 5.41) is 9.70. The second-order valence-corrected chi connectivity index (χ2v) is 5.04. The molecule has 0 saturated carbocycles. The summed E-state index contributed by atoms with van der Waals surface area (Å²) in [4.78, 5) is 11.9. The van der Waals surface area contributed by atoms with Gasteiger partial charge in [-0.05, 0) is 36.4 Å². The average Bonchev–Trinajstić information content (AvgIpc) is 2.65. The smallest absolute Gasteiger partial charge is 0.336 e. The van der Waals surface area contributed by atoms with Crippen molar-refractivity contribution < 1.29 is 28.8 Å². The molecule has 25 heavy (non-hydrogen) atoms. The molecule has 0 amide bonds. The molecule has 1 N–H and O–H groups in total. The molecule has 0 saturated heterocycles. The van der Waals surface area contributed by atoms with Crippen LogP contribution in [-0.2, 0) is 4.79 Å². The van der Waals surface area contributed by atoms with Crippen LogP contribution in [0.15, 0.2) is 36.4 Å². The molecule has 0 fully saturated rings. The molecule has 132 valence electrons. The summed E-state index contributed by atoms with van der Waals surface area (Å²) in [6.45, 7) is 0. The van der Waals surface area contributed by atoms with Gasteiger partial charge < -0.3 is 24.1 Å². The van der Waals surface area contributed by atoms with Crippen molar-refractivity contribution in [2.45, 2.75) is 0 Å². The Bertz CT molecular complexity index is 794. The van der Waals surface area contributed by atoms with Gasteiger partial charge in [0.15, 0.2) is 0 Å². The molecular formula is C19H20O6. The molecule has 0 aliphatic carbocycles. The van der Waals surface area contributed by atoms with Gasteiger partial charge in [-0.3, -0.25) is 0 Å². The molecule has 6 heteroatoms. The van der Waals surface area contributed by atoms with E-state index in [-0.39, 0.29) is 5.57 Å². The van der Waals surface area contributed by atoms with Gasteiger partial charge in [0.25, 0.3) is 0 Å². The molecule has 0 aromatic heterocycles. The normalized spacial score (nSPS) is 11.0. The minimum absolute atomic E-state index is 0.0612. The van der Waals surface area contributed by atoms with Crippen molar-refractivity contribution in [3.63, 3.8) is 0 Å². The first-order valence-electron chi connectivity index (χ1n) is 7.43. The molecule has 0 radical (unpaired) electrons. The van der Waals surface area contributed by atoms with Gasteiger partial charge in [0.2, 0.25) is 0 Å². The molecule has 0 heterocycles. The van der Waals surface area contributed by atoms with Crippen LogP contribution in [0.25, 0.3) is 11.6 Å². The lowest BCUT2D eigenvalue weighted by Gasteiger charge is -2.12. The molecule has 0 bridgehead atoms. The van der Waals surface area contributed by atoms with Gasteiger partial charge in [0, 0.05) is 17.2 Å². The lowest BCUT2D eigenvalue weighted by atomic mass is 10.0. The maximum atomic E-state index is 11.9. The third kappa shape index (κ3) is 4.03. The number of rotatable bonds is 7. The Morgan fingerprint density at radius 3 is 2.00 bits per heavy atom. The third-order valence-electron chi connectivity index (χ3n) is 3.67. The second kappa shape index (κ2) is 8.10. The topological polar surface area (TPSA) is 74.2 Å². The van der Waals surface area contributed by atoms with Crippen molar-refractivity contribution in [1.82, 2.24) is 0 Å². The Morgan fingerprint density at radius 1 is 0.840 bits per heavy atom. The minimum atomic E-state index is -1.09. The van der Waals surface area contributed by atoms with Crippen LogP contribution in [0.5, 0.6) is 23.0 Å². The van der Waals surface area contributed by atoms with Crippen molar-refractivity contribution in [1.29, 1.82) is 0 Å². The largest absolute Gasteiger partial charge is 0.497 e. The van der Waals surface area contributed by atoms with Crippen molar-refractivity contribution >= 4 is 17.6 Å². The second-order valence-electron chi connectivity index (χ2n) is 5.04. The molecule has 0 aliphatic heterocycles. The summed E-state index contributed by atoms with van der Waals surface area (Å²) in [6.07, 6.45) is 1.52. The van der Waals surface area contributed by atoms with E-state index >= 15 is 0 Å². The van der Waals surface area contributed by atoms with Crippen LogP contribution in [0.2, 0.25) is 0 Å². The first-order chi connectivity index (χ1) is 12.0. The number of carboxylic acid groups (broad SMARTS) is 1. The van der Waals surface area contributed by atoms with E-state index in [0.717, 1.165) is 0 Å². The van der Waals surface area contributed by atoms with Crippen LogP contribution < -0.4 is 18.9 Å². The fraction of sp³-hybridized carbons (Fsp3) is 0.211. The van der Waals surface area contributed by atoms with Crippen LogP contribution in [0.3, 0.4) is 0 Å². The maximum Gasteiger partial charge on any atom is 0.336 e. The number of benzene rings is 2. The van der Waals surface area contributed by atoms with Crippen LogP contribution >= 0.6 is 0 Å². The first-order valence-corrected chi connectivity index (χ1v) is 7.43. The fourth-order valence-corrected chi connectivity index (χ4v) is 2.38. The number of hydrogen-bond acceptors (Lipinski definition) is 5. The number of aliphatic carboxylic acids is 1. The Labute approximate surface area is 146 Å². The summed E-state index contributed by atoms with van der Waals surface area (Å²) in [5.41, 5.74) is 1.07. The van der Waals surface area contributed by atoms with Gasteiger partial charge in [-0.25, -0.2) is 4.79 Å². The van der Waals surface area contributed by atoms with Gasteiger partial charge in [-0.15, -0.1) is 0 Å². The van der Waals surface area contributed by atoms with E-state index in [1.807, 2.05) is 0 Å². The molecule has 2 rings (SSSR count). The predicted octanol–water partition coefficient (Wildman–Crippen LogP) is 3.35. The van der Waals surface area contributed by atoms with E-state index < -0.39 is 5.97 Å². The van der Waals surface area contributed by atoms with E-state index in [1.54, 1.807) is 43.5 Å². The number of hydrogen-bond donors (Lipinski definition) is 1. The number of ether oxygens (including phenoxy) is 4. The fourth-order valence-electron chi connectivity index (χ4n) is 2.38. The zero-order valence-corrected chi connectivity index (χ0v) is 14.5. The van der Waals surface area contributed by atoms with Crippen molar-refractivity contribution in [3.05, 3.63) is 47.5 Å². The van der Waals surface area contributed by atoms with E-state index in [0.29, 0.717) is 34.1 Å². The third-order valence-corrected chi connectivity index (χ3v) is 3.67. The van der Waals surface area contributed by atoms with Crippen molar-refractivity contribution in [2.24, 2.45) is 0 Å². The molecule has 0 atom stereocenters. The number of carboxylic acids is 1.